The predicted octanol–water partition coefficient (Wildman–Crippen LogP) is 3.19. The molecule has 1 aliphatic heterocycles. The van der Waals surface area contributed by atoms with Gasteiger partial charge in [-0.05, 0) is 55.5 Å². The zero-order valence-electron chi connectivity index (χ0n) is 18.1. The minimum absolute atomic E-state index is 0.0881. The van der Waals surface area contributed by atoms with Gasteiger partial charge in [-0.2, -0.15) is 0 Å². The minimum Gasteiger partial charge on any atom is -0.493 e. The maximum Gasteiger partial charge on any atom is 0.261 e. The van der Waals surface area contributed by atoms with Gasteiger partial charge in [0.1, 0.15) is 11.8 Å². The van der Waals surface area contributed by atoms with Crippen molar-refractivity contribution in [2.24, 2.45) is 0 Å². The quantitative estimate of drug-likeness (QED) is 0.470. The summed E-state index contributed by atoms with van der Waals surface area (Å²) < 4.78 is 5.67. The van der Waals surface area contributed by atoms with E-state index in [0.29, 0.717) is 31.0 Å². The molecule has 1 aliphatic rings. The summed E-state index contributed by atoms with van der Waals surface area (Å²) in [6, 6.07) is 14.2. The highest BCUT2D eigenvalue weighted by molar-refractivity contribution is 6.30. The van der Waals surface area contributed by atoms with E-state index in [0.717, 1.165) is 23.3 Å². The van der Waals surface area contributed by atoms with Gasteiger partial charge in [-0.1, -0.05) is 41.9 Å². The van der Waals surface area contributed by atoms with Crippen LogP contribution in [0, 0.1) is 6.92 Å². The molecule has 0 aliphatic carbocycles. The molecule has 2 aromatic carbocycles. The zero-order chi connectivity index (χ0) is 22.9. The van der Waals surface area contributed by atoms with Gasteiger partial charge >= 0.3 is 0 Å². The van der Waals surface area contributed by atoms with Crippen LogP contribution in [-0.2, 0) is 20.8 Å². The van der Waals surface area contributed by atoms with Gasteiger partial charge < -0.3 is 9.64 Å². The van der Waals surface area contributed by atoms with Crippen molar-refractivity contribution in [2.75, 3.05) is 13.2 Å². The fraction of sp³-hybridized carbons (Fsp3) is 0.375. The number of hydrogen-bond donors (Lipinski definition) is 2. The topological polar surface area (TPSA) is 87.7 Å². The molecule has 3 amide bonds. The Morgan fingerprint density at radius 1 is 1.12 bits per heavy atom. The summed E-state index contributed by atoms with van der Waals surface area (Å²) in [4.78, 5) is 38.8. The summed E-state index contributed by atoms with van der Waals surface area (Å²) in [5.74, 6) is -0.0420. The van der Waals surface area contributed by atoms with E-state index >= 15 is 0 Å². The number of carbonyl (C=O) groups is 3. The molecule has 0 radical (unpaired) electrons. The first kappa shape index (κ1) is 23.6. The van der Waals surface area contributed by atoms with Crippen molar-refractivity contribution in [3.05, 3.63) is 64.7 Å². The Labute approximate surface area is 193 Å². The summed E-state index contributed by atoms with van der Waals surface area (Å²) in [5.41, 5.74) is 6.73. The SMILES string of the molecule is Cc1cc(Cl)ccc1OCCCC(=O)NNC(=O)C1CCCN1C(=O)Cc1ccccc1. The lowest BCUT2D eigenvalue weighted by atomic mass is 10.1. The highest BCUT2D eigenvalue weighted by atomic mass is 35.5. The molecule has 2 N–H and O–H groups in total. The zero-order valence-corrected chi connectivity index (χ0v) is 18.9. The van der Waals surface area contributed by atoms with Crippen molar-refractivity contribution in [1.82, 2.24) is 15.8 Å². The summed E-state index contributed by atoms with van der Waals surface area (Å²) >= 11 is 5.93. The van der Waals surface area contributed by atoms with E-state index in [1.54, 1.807) is 17.0 Å². The molecule has 0 bridgehead atoms. The first-order valence-electron chi connectivity index (χ1n) is 10.7. The maximum absolute atomic E-state index is 12.6. The van der Waals surface area contributed by atoms with Crippen molar-refractivity contribution in [2.45, 2.75) is 45.1 Å². The molecule has 1 fully saturated rings. The summed E-state index contributed by atoms with van der Waals surface area (Å²) in [5, 5.41) is 0.646. The second-order valence-corrected chi connectivity index (χ2v) is 8.24. The van der Waals surface area contributed by atoms with Crippen molar-refractivity contribution in [3.63, 3.8) is 0 Å². The highest BCUT2D eigenvalue weighted by Crippen LogP contribution is 2.22. The Morgan fingerprint density at radius 3 is 2.66 bits per heavy atom. The Hall–Kier alpha value is -3.06. The average Bonchev–Trinajstić information content (AvgIpc) is 3.27. The summed E-state index contributed by atoms with van der Waals surface area (Å²) in [6.45, 7) is 2.81. The standard InChI is InChI=1S/C24H28ClN3O4/c1-17-15-19(25)11-12-21(17)32-14-6-10-22(29)26-27-24(31)20-9-5-13-28(20)23(30)16-18-7-3-2-4-8-18/h2-4,7-8,11-12,15,20H,5-6,9-10,13-14,16H2,1H3,(H,26,29)(H,27,31). The molecule has 8 heteroatoms. The number of likely N-dealkylation sites (tertiary alicyclic amines) is 1. The van der Waals surface area contributed by atoms with Crippen LogP contribution in [0.1, 0.15) is 36.8 Å². The van der Waals surface area contributed by atoms with Gasteiger partial charge in [-0.15, -0.1) is 0 Å². The predicted molar refractivity (Wildman–Crippen MR) is 122 cm³/mol. The number of carbonyl (C=O) groups excluding carboxylic acids is 3. The van der Waals surface area contributed by atoms with Crippen molar-refractivity contribution in [3.8, 4) is 5.75 Å². The van der Waals surface area contributed by atoms with Crippen LogP contribution in [0.3, 0.4) is 0 Å². The maximum atomic E-state index is 12.6. The summed E-state index contributed by atoms with van der Waals surface area (Å²) in [7, 11) is 0. The second-order valence-electron chi connectivity index (χ2n) is 7.81. The van der Waals surface area contributed by atoms with Gasteiger partial charge in [0.2, 0.25) is 11.8 Å². The second kappa shape index (κ2) is 11.5. The first-order valence-corrected chi connectivity index (χ1v) is 11.1. The van der Waals surface area contributed by atoms with E-state index < -0.39 is 6.04 Å². The van der Waals surface area contributed by atoms with E-state index in [1.807, 2.05) is 43.3 Å². The number of amides is 3. The number of nitrogens with zero attached hydrogens (tertiary/aromatic N) is 1. The van der Waals surface area contributed by atoms with E-state index in [2.05, 4.69) is 10.9 Å². The Bertz CT molecular complexity index is 952. The van der Waals surface area contributed by atoms with Crippen molar-refractivity contribution < 1.29 is 19.1 Å². The van der Waals surface area contributed by atoms with Crippen LogP contribution in [0.5, 0.6) is 5.75 Å². The minimum atomic E-state index is -0.567. The van der Waals surface area contributed by atoms with Gasteiger partial charge in [-0.3, -0.25) is 25.2 Å². The Balaban J connectivity index is 1.38. The lowest BCUT2D eigenvalue weighted by molar-refractivity contribution is -0.139. The van der Waals surface area contributed by atoms with E-state index in [9.17, 15) is 14.4 Å². The fourth-order valence-electron chi connectivity index (χ4n) is 3.68. The number of halogens is 1. The molecule has 1 saturated heterocycles. The molecule has 32 heavy (non-hydrogen) atoms. The van der Waals surface area contributed by atoms with Crippen LogP contribution >= 0.6 is 11.6 Å². The summed E-state index contributed by atoms with van der Waals surface area (Å²) in [6.07, 6.45) is 2.29. The molecule has 3 rings (SSSR count). The third-order valence-electron chi connectivity index (χ3n) is 5.34. The third kappa shape index (κ3) is 6.72. The van der Waals surface area contributed by atoms with Crippen LogP contribution in [0.2, 0.25) is 5.02 Å². The molecule has 0 aromatic heterocycles. The number of hydrazine groups is 1. The van der Waals surface area contributed by atoms with Gasteiger partial charge in [-0.25, -0.2) is 0 Å². The lowest BCUT2D eigenvalue weighted by Gasteiger charge is -2.24. The molecule has 1 unspecified atom stereocenters. The number of benzene rings is 2. The molecule has 170 valence electrons. The molecule has 0 spiro atoms. The monoisotopic (exact) mass is 457 g/mol. The normalized spacial score (nSPS) is 15.3. The number of hydrogen-bond acceptors (Lipinski definition) is 4. The van der Waals surface area contributed by atoms with Crippen molar-refractivity contribution in [1.29, 1.82) is 0 Å². The smallest absolute Gasteiger partial charge is 0.261 e. The van der Waals surface area contributed by atoms with E-state index in [-0.39, 0.29) is 30.6 Å². The number of aryl methyl sites for hydroxylation is 1. The van der Waals surface area contributed by atoms with Crippen LogP contribution in [0.4, 0.5) is 0 Å². The number of nitrogens with one attached hydrogen (secondary N) is 2. The van der Waals surface area contributed by atoms with Crippen LogP contribution in [-0.4, -0.2) is 41.8 Å². The van der Waals surface area contributed by atoms with Crippen molar-refractivity contribution >= 4 is 29.3 Å². The molecule has 1 atom stereocenters. The molecular weight excluding hydrogens is 430 g/mol. The molecule has 7 nitrogen and oxygen atoms in total. The highest BCUT2D eigenvalue weighted by Gasteiger charge is 2.34. The van der Waals surface area contributed by atoms with Gasteiger partial charge in [0.15, 0.2) is 0 Å². The van der Waals surface area contributed by atoms with Crippen LogP contribution in [0.15, 0.2) is 48.5 Å². The first-order chi connectivity index (χ1) is 15.4. The average molecular weight is 458 g/mol. The Morgan fingerprint density at radius 2 is 1.91 bits per heavy atom. The van der Waals surface area contributed by atoms with E-state index in [1.165, 1.54) is 0 Å². The van der Waals surface area contributed by atoms with E-state index in [4.69, 9.17) is 16.3 Å². The van der Waals surface area contributed by atoms with Crippen LogP contribution < -0.4 is 15.6 Å². The number of rotatable bonds is 8. The van der Waals surface area contributed by atoms with Gasteiger partial charge in [0.05, 0.1) is 13.0 Å². The molecule has 2 aromatic rings. The fourth-order valence-corrected chi connectivity index (χ4v) is 3.90. The molecule has 0 saturated carbocycles. The van der Waals surface area contributed by atoms with Crippen LogP contribution in [0.25, 0.3) is 0 Å². The Kier molecular flexibility index (Phi) is 8.50. The largest absolute Gasteiger partial charge is 0.493 e. The van der Waals surface area contributed by atoms with Gasteiger partial charge in [0.25, 0.3) is 5.91 Å². The third-order valence-corrected chi connectivity index (χ3v) is 5.58. The molecule has 1 heterocycles. The molecular formula is C24H28ClN3O4. The lowest BCUT2D eigenvalue weighted by Crippen LogP contribution is -2.51. The number of ether oxygens (including phenoxy) is 1. The van der Waals surface area contributed by atoms with Gasteiger partial charge in [0, 0.05) is 18.0 Å².